The quantitative estimate of drug-likeness (QED) is 0.840. The highest BCUT2D eigenvalue weighted by Gasteiger charge is 2.27. The van der Waals surface area contributed by atoms with Crippen LogP contribution in [0.25, 0.3) is 0 Å². The lowest BCUT2D eigenvalue weighted by Gasteiger charge is -2.16. The van der Waals surface area contributed by atoms with E-state index < -0.39 is 0 Å². The van der Waals surface area contributed by atoms with Crippen molar-refractivity contribution in [3.05, 3.63) is 57.2 Å². The summed E-state index contributed by atoms with van der Waals surface area (Å²) < 4.78 is 0. The highest BCUT2D eigenvalue weighted by molar-refractivity contribution is 7.07. The zero-order chi connectivity index (χ0) is 13.9. The van der Waals surface area contributed by atoms with Crippen molar-refractivity contribution in [2.75, 3.05) is 13.1 Å². The molecule has 104 valence electrons. The lowest BCUT2D eigenvalue weighted by Crippen LogP contribution is -2.29. The molecule has 4 heteroatoms. The van der Waals surface area contributed by atoms with Crippen LogP contribution in [0.4, 0.5) is 0 Å². The molecule has 1 aromatic heterocycles. The lowest BCUT2D eigenvalue weighted by atomic mass is 10.0. The van der Waals surface area contributed by atoms with Gasteiger partial charge in [0.05, 0.1) is 6.42 Å². The first-order valence-corrected chi connectivity index (χ1v) is 8.09. The molecule has 1 unspecified atom stereocenters. The van der Waals surface area contributed by atoms with Gasteiger partial charge in [-0.1, -0.05) is 29.8 Å². The van der Waals surface area contributed by atoms with Crippen LogP contribution < -0.4 is 0 Å². The van der Waals surface area contributed by atoms with Crippen molar-refractivity contribution < 1.29 is 4.79 Å². The van der Waals surface area contributed by atoms with Crippen molar-refractivity contribution in [2.45, 2.75) is 18.8 Å². The fourth-order valence-corrected chi connectivity index (χ4v) is 3.63. The van der Waals surface area contributed by atoms with Crippen molar-refractivity contribution in [1.29, 1.82) is 0 Å². The van der Waals surface area contributed by atoms with Crippen molar-refractivity contribution in [2.24, 2.45) is 0 Å². The molecule has 1 aliphatic heterocycles. The van der Waals surface area contributed by atoms with Gasteiger partial charge in [-0.05, 0) is 40.4 Å². The van der Waals surface area contributed by atoms with Gasteiger partial charge in [0.25, 0.3) is 0 Å². The second kappa shape index (κ2) is 5.98. The molecule has 2 nitrogen and oxygen atoms in total. The average Bonchev–Trinajstić information content (AvgIpc) is 3.11. The highest BCUT2D eigenvalue weighted by atomic mass is 35.5. The fourth-order valence-electron chi connectivity index (χ4n) is 2.68. The molecular formula is C16H16ClNOS. The smallest absolute Gasteiger partial charge is 0.227 e. The maximum absolute atomic E-state index is 12.4. The summed E-state index contributed by atoms with van der Waals surface area (Å²) in [5, 5.41) is 4.96. The van der Waals surface area contributed by atoms with Gasteiger partial charge in [0.15, 0.2) is 0 Å². The molecule has 2 heterocycles. The van der Waals surface area contributed by atoms with E-state index in [9.17, 15) is 4.79 Å². The molecule has 20 heavy (non-hydrogen) atoms. The minimum absolute atomic E-state index is 0.177. The summed E-state index contributed by atoms with van der Waals surface area (Å²) in [5.74, 6) is 0.673. The van der Waals surface area contributed by atoms with Crippen LogP contribution in [-0.4, -0.2) is 23.9 Å². The molecule has 0 spiro atoms. The third-order valence-electron chi connectivity index (χ3n) is 3.86. The van der Waals surface area contributed by atoms with Crippen LogP contribution in [0.15, 0.2) is 41.1 Å². The minimum atomic E-state index is 0.177. The number of carbonyl (C=O) groups excluding carboxylic acids is 1. The van der Waals surface area contributed by atoms with E-state index in [0.29, 0.717) is 17.4 Å². The molecule has 1 fully saturated rings. The highest BCUT2D eigenvalue weighted by Crippen LogP contribution is 2.29. The Hall–Kier alpha value is -1.32. The van der Waals surface area contributed by atoms with E-state index in [1.165, 1.54) is 5.56 Å². The van der Waals surface area contributed by atoms with Gasteiger partial charge < -0.3 is 4.90 Å². The van der Waals surface area contributed by atoms with Crippen LogP contribution in [-0.2, 0) is 11.2 Å². The largest absolute Gasteiger partial charge is 0.342 e. The number of likely N-dealkylation sites (tertiary alicyclic amines) is 1. The van der Waals surface area contributed by atoms with Gasteiger partial charge in [-0.2, -0.15) is 11.3 Å². The predicted octanol–water partition coefficient (Wildman–Crippen LogP) is 3.96. The van der Waals surface area contributed by atoms with Gasteiger partial charge in [0, 0.05) is 24.0 Å². The van der Waals surface area contributed by atoms with Crippen LogP contribution in [0, 0.1) is 0 Å². The maximum Gasteiger partial charge on any atom is 0.227 e. The third-order valence-corrected chi connectivity index (χ3v) is 4.93. The molecule has 1 saturated heterocycles. The van der Waals surface area contributed by atoms with Crippen molar-refractivity contribution in [3.8, 4) is 0 Å². The summed E-state index contributed by atoms with van der Waals surface area (Å²) in [7, 11) is 0. The number of carbonyl (C=O) groups is 1. The third kappa shape index (κ3) is 2.89. The zero-order valence-electron chi connectivity index (χ0n) is 11.1. The van der Waals surface area contributed by atoms with Crippen LogP contribution in [0.5, 0.6) is 0 Å². The maximum atomic E-state index is 12.4. The minimum Gasteiger partial charge on any atom is -0.342 e. The number of hydrogen-bond acceptors (Lipinski definition) is 2. The monoisotopic (exact) mass is 305 g/mol. The van der Waals surface area contributed by atoms with Gasteiger partial charge in [-0.25, -0.2) is 0 Å². The summed E-state index contributed by atoms with van der Waals surface area (Å²) in [6.45, 7) is 1.68. The first-order chi connectivity index (χ1) is 9.74. The number of rotatable bonds is 3. The summed E-state index contributed by atoms with van der Waals surface area (Å²) in [6.07, 6.45) is 1.46. The lowest BCUT2D eigenvalue weighted by molar-refractivity contribution is -0.129. The van der Waals surface area contributed by atoms with Crippen LogP contribution >= 0.6 is 22.9 Å². The number of amides is 1. The van der Waals surface area contributed by atoms with Crippen molar-refractivity contribution in [1.82, 2.24) is 4.90 Å². The van der Waals surface area contributed by atoms with E-state index in [-0.39, 0.29) is 5.91 Å². The number of benzene rings is 1. The van der Waals surface area contributed by atoms with Gasteiger partial charge in [-0.15, -0.1) is 0 Å². The molecule has 1 aliphatic rings. The molecule has 0 saturated carbocycles. The topological polar surface area (TPSA) is 20.3 Å². The molecule has 0 aliphatic carbocycles. The van der Waals surface area contributed by atoms with Crippen molar-refractivity contribution in [3.63, 3.8) is 0 Å². The summed E-state index contributed by atoms with van der Waals surface area (Å²) >= 11 is 7.84. The van der Waals surface area contributed by atoms with E-state index in [1.54, 1.807) is 11.3 Å². The van der Waals surface area contributed by atoms with Gasteiger partial charge in [0.1, 0.15) is 0 Å². The van der Waals surface area contributed by atoms with E-state index in [1.807, 2.05) is 29.2 Å². The van der Waals surface area contributed by atoms with E-state index >= 15 is 0 Å². The van der Waals surface area contributed by atoms with Crippen LogP contribution in [0.3, 0.4) is 0 Å². The molecule has 0 radical (unpaired) electrons. The normalized spacial score (nSPS) is 18.4. The second-order valence-electron chi connectivity index (χ2n) is 5.15. The van der Waals surface area contributed by atoms with Crippen LogP contribution in [0.2, 0.25) is 5.02 Å². The number of hydrogen-bond donors (Lipinski definition) is 0. The van der Waals surface area contributed by atoms with Gasteiger partial charge in [-0.3, -0.25) is 4.79 Å². The Bertz CT molecular complexity index is 596. The van der Waals surface area contributed by atoms with E-state index in [0.717, 1.165) is 25.1 Å². The van der Waals surface area contributed by atoms with Crippen molar-refractivity contribution >= 4 is 28.8 Å². The molecule has 1 atom stereocenters. The molecule has 2 aromatic rings. The average molecular weight is 306 g/mol. The Morgan fingerprint density at radius 1 is 1.35 bits per heavy atom. The van der Waals surface area contributed by atoms with Crippen LogP contribution in [0.1, 0.15) is 23.5 Å². The second-order valence-corrected chi connectivity index (χ2v) is 6.34. The Morgan fingerprint density at radius 3 is 2.95 bits per heavy atom. The standard InChI is InChI=1S/C16H16ClNOS/c17-15-4-2-1-3-12(15)9-16(19)18-7-5-13(10-18)14-6-8-20-11-14/h1-4,6,8,11,13H,5,7,9-10H2. The molecule has 0 N–H and O–H groups in total. The molecular weight excluding hydrogens is 290 g/mol. The zero-order valence-corrected chi connectivity index (χ0v) is 12.7. The van der Waals surface area contributed by atoms with Gasteiger partial charge in [0.2, 0.25) is 5.91 Å². The Labute approximate surface area is 128 Å². The first kappa shape index (κ1) is 13.7. The summed E-state index contributed by atoms with van der Waals surface area (Å²) in [6, 6.07) is 9.73. The van der Waals surface area contributed by atoms with E-state index in [2.05, 4.69) is 16.8 Å². The Balaban J connectivity index is 1.63. The molecule has 1 aromatic carbocycles. The fraction of sp³-hybridized carbons (Fsp3) is 0.312. The number of nitrogens with zero attached hydrogens (tertiary/aromatic N) is 1. The van der Waals surface area contributed by atoms with Gasteiger partial charge >= 0.3 is 0 Å². The Morgan fingerprint density at radius 2 is 2.20 bits per heavy atom. The number of halogens is 1. The van der Waals surface area contributed by atoms with E-state index in [4.69, 9.17) is 11.6 Å². The number of thiophene rings is 1. The Kier molecular flexibility index (Phi) is 4.08. The molecule has 3 rings (SSSR count). The molecule has 0 bridgehead atoms. The predicted molar refractivity (Wildman–Crippen MR) is 83.4 cm³/mol. The summed E-state index contributed by atoms with van der Waals surface area (Å²) in [5.41, 5.74) is 2.28. The summed E-state index contributed by atoms with van der Waals surface area (Å²) in [4.78, 5) is 14.3. The molecule has 1 amide bonds. The SMILES string of the molecule is O=C(Cc1ccccc1Cl)N1CCC(c2ccsc2)C1. The first-order valence-electron chi connectivity index (χ1n) is 6.77.